The molecule has 7 heteroatoms. The molecule has 1 aliphatic rings. The van der Waals surface area contributed by atoms with Gasteiger partial charge in [0.25, 0.3) is 5.91 Å². The molecule has 0 radical (unpaired) electrons. The predicted octanol–water partition coefficient (Wildman–Crippen LogP) is 0.610. The van der Waals surface area contributed by atoms with E-state index >= 15 is 0 Å². The van der Waals surface area contributed by atoms with Crippen LogP contribution in [-0.2, 0) is 4.79 Å². The standard InChI is InChI=1S/C15H24N4O3/c1-10(2)14-13(11(3)17-22-14)15(21)19-7-5-18(6-8-19)9-12(20)16-4/h10H,5-9H2,1-4H3,(H,16,20). The second-order valence-electron chi connectivity index (χ2n) is 5.90. The fourth-order valence-corrected chi connectivity index (χ4v) is 2.59. The Bertz CT molecular complexity index is 545. The van der Waals surface area contributed by atoms with E-state index in [9.17, 15) is 9.59 Å². The Labute approximate surface area is 130 Å². The predicted molar refractivity (Wildman–Crippen MR) is 81.7 cm³/mol. The highest BCUT2D eigenvalue weighted by atomic mass is 16.5. The summed E-state index contributed by atoms with van der Waals surface area (Å²) in [5, 5.41) is 6.55. The molecule has 2 amide bonds. The summed E-state index contributed by atoms with van der Waals surface area (Å²) in [6.07, 6.45) is 0. The van der Waals surface area contributed by atoms with Crippen molar-refractivity contribution in [2.24, 2.45) is 0 Å². The van der Waals surface area contributed by atoms with E-state index in [1.165, 1.54) is 0 Å². The van der Waals surface area contributed by atoms with Crippen molar-refractivity contribution in [2.75, 3.05) is 39.8 Å². The molecule has 0 bridgehead atoms. The summed E-state index contributed by atoms with van der Waals surface area (Å²) >= 11 is 0. The van der Waals surface area contributed by atoms with Crippen molar-refractivity contribution >= 4 is 11.8 Å². The molecule has 7 nitrogen and oxygen atoms in total. The van der Waals surface area contributed by atoms with E-state index in [2.05, 4.69) is 10.5 Å². The van der Waals surface area contributed by atoms with Crippen LogP contribution in [0.15, 0.2) is 4.52 Å². The summed E-state index contributed by atoms with van der Waals surface area (Å²) in [5.41, 5.74) is 1.23. The number of aryl methyl sites for hydroxylation is 1. The number of aromatic nitrogens is 1. The number of hydrogen-bond acceptors (Lipinski definition) is 5. The third-order valence-electron chi connectivity index (χ3n) is 3.93. The summed E-state index contributed by atoms with van der Waals surface area (Å²) in [5.74, 6) is 0.740. The van der Waals surface area contributed by atoms with Crippen LogP contribution in [0.3, 0.4) is 0 Å². The van der Waals surface area contributed by atoms with Crippen molar-refractivity contribution < 1.29 is 14.1 Å². The second-order valence-corrected chi connectivity index (χ2v) is 5.90. The van der Waals surface area contributed by atoms with E-state index < -0.39 is 0 Å². The van der Waals surface area contributed by atoms with Gasteiger partial charge in [-0.25, -0.2) is 0 Å². The summed E-state index contributed by atoms with van der Waals surface area (Å²) in [4.78, 5) is 28.0. The van der Waals surface area contributed by atoms with Gasteiger partial charge in [0.2, 0.25) is 5.91 Å². The lowest BCUT2D eigenvalue weighted by atomic mass is 10.0. The molecule has 1 aromatic rings. The first-order valence-corrected chi connectivity index (χ1v) is 7.62. The summed E-state index contributed by atoms with van der Waals surface area (Å²) in [7, 11) is 1.63. The number of piperazine rings is 1. The van der Waals surface area contributed by atoms with Gasteiger partial charge in [-0.1, -0.05) is 19.0 Å². The molecule has 1 aromatic heterocycles. The number of nitrogens with one attached hydrogen (secondary N) is 1. The van der Waals surface area contributed by atoms with Crippen molar-refractivity contribution in [3.8, 4) is 0 Å². The molecule has 2 heterocycles. The molecule has 0 saturated carbocycles. The van der Waals surface area contributed by atoms with E-state index in [0.29, 0.717) is 49.7 Å². The molecule has 1 N–H and O–H groups in total. The first-order chi connectivity index (χ1) is 10.4. The van der Waals surface area contributed by atoms with Crippen LogP contribution in [0.5, 0.6) is 0 Å². The Morgan fingerprint density at radius 2 is 1.91 bits per heavy atom. The molecule has 122 valence electrons. The summed E-state index contributed by atoms with van der Waals surface area (Å²) in [6.45, 7) is 8.75. The largest absolute Gasteiger partial charge is 0.360 e. The molecule has 2 rings (SSSR count). The number of nitrogens with zero attached hydrogens (tertiary/aromatic N) is 3. The lowest BCUT2D eigenvalue weighted by Crippen LogP contribution is -2.51. The van der Waals surface area contributed by atoms with Crippen molar-refractivity contribution in [2.45, 2.75) is 26.7 Å². The Hall–Kier alpha value is -1.89. The highest BCUT2D eigenvalue weighted by Gasteiger charge is 2.29. The lowest BCUT2D eigenvalue weighted by molar-refractivity contribution is -0.122. The van der Waals surface area contributed by atoms with Gasteiger partial charge in [-0.3, -0.25) is 14.5 Å². The van der Waals surface area contributed by atoms with Gasteiger partial charge in [0.1, 0.15) is 5.56 Å². The van der Waals surface area contributed by atoms with Crippen LogP contribution < -0.4 is 5.32 Å². The Kier molecular flexibility index (Phi) is 5.18. The fraction of sp³-hybridized carbons (Fsp3) is 0.667. The van der Waals surface area contributed by atoms with Gasteiger partial charge in [0, 0.05) is 39.1 Å². The first kappa shape index (κ1) is 16.5. The van der Waals surface area contributed by atoms with Gasteiger partial charge >= 0.3 is 0 Å². The van der Waals surface area contributed by atoms with Crippen LogP contribution in [0.4, 0.5) is 0 Å². The number of carbonyl (C=O) groups excluding carboxylic acids is 2. The second kappa shape index (κ2) is 6.91. The molecular weight excluding hydrogens is 284 g/mol. The van der Waals surface area contributed by atoms with Gasteiger partial charge < -0.3 is 14.7 Å². The van der Waals surface area contributed by atoms with Crippen molar-refractivity contribution in [1.82, 2.24) is 20.3 Å². The summed E-state index contributed by atoms with van der Waals surface area (Å²) < 4.78 is 5.30. The first-order valence-electron chi connectivity index (χ1n) is 7.62. The molecule has 0 unspecified atom stereocenters. The fourth-order valence-electron chi connectivity index (χ4n) is 2.59. The third kappa shape index (κ3) is 3.47. The van der Waals surface area contributed by atoms with E-state index in [0.717, 1.165) is 0 Å². The highest BCUT2D eigenvalue weighted by molar-refractivity contribution is 5.96. The van der Waals surface area contributed by atoms with Crippen LogP contribution in [0.2, 0.25) is 0 Å². The zero-order chi connectivity index (χ0) is 16.3. The highest BCUT2D eigenvalue weighted by Crippen LogP contribution is 2.24. The van der Waals surface area contributed by atoms with Crippen LogP contribution >= 0.6 is 0 Å². The Morgan fingerprint density at radius 3 is 2.45 bits per heavy atom. The average Bonchev–Trinajstić information content (AvgIpc) is 2.89. The van der Waals surface area contributed by atoms with Gasteiger partial charge in [0.15, 0.2) is 5.76 Å². The average molecular weight is 308 g/mol. The van der Waals surface area contributed by atoms with E-state index in [-0.39, 0.29) is 17.7 Å². The maximum absolute atomic E-state index is 12.7. The molecule has 0 aliphatic carbocycles. The molecule has 1 aliphatic heterocycles. The zero-order valence-electron chi connectivity index (χ0n) is 13.7. The van der Waals surface area contributed by atoms with Crippen LogP contribution in [0, 0.1) is 6.92 Å². The molecule has 0 spiro atoms. The smallest absolute Gasteiger partial charge is 0.259 e. The van der Waals surface area contributed by atoms with Gasteiger partial charge in [-0.2, -0.15) is 0 Å². The topological polar surface area (TPSA) is 78.7 Å². The monoisotopic (exact) mass is 308 g/mol. The minimum absolute atomic E-state index is 0.00301. The molecule has 0 atom stereocenters. The van der Waals surface area contributed by atoms with E-state index in [1.807, 2.05) is 23.6 Å². The minimum Gasteiger partial charge on any atom is -0.360 e. The number of hydrogen-bond donors (Lipinski definition) is 1. The lowest BCUT2D eigenvalue weighted by Gasteiger charge is -2.34. The Morgan fingerprint density at radius 1 is 1.27 bits per heavy atom. The van der Waals surface area contributed by atoms with Crippen LogP contribution in [-0.4, -0.2) is 66.5 Å². The number of rotatable bonds is 4. The molecule has 0 aromatic carbocycles. The third-order valence-corrected chi connectivity index (χ3v) is 3.93. The van der Waals surface area contributed by atoms with Crippen molar-refractivity contribution in [3.63, 3.8) is 0 Å². The van der Waals surface area contributed by atoms with Gasteiger partial charge in [-0.05, 0) is 6.92 Å². The molecule has 22 heavy (non-hydrogen) atoms. The number of likely N-dealkylation sites (N-methyl/N-ethyl adjacent to an activating group) is 1. The van der Waals surface area contributed by atoms with Gasteiger partial charge in [-0.15, -0.1) is 0 Å². The normalized spacial score (nSPS) is 16.1. The zero-order valence-corrected chi connectivity index (χ0v) is 13.7. The Balaban J connectivity index is 2.01. The minimum atomic E-state index is -0.0259. The maximum Gasteiger partial charge on any atom is 0.259 e. The quantitative estimate of drug-likeness (QED) is 0.882. The number of carbonyl (C=O) groups is 2. The van der Waals surface area contributed by atoms with Crippen molar-refractivity contribution in [3.05, 3.63) is 17.0 Å². The molecular formula is C15H24N4O3. The van der Waals surface area contributed by atoms with Crippen molar-refractivity contribution in [1.29, 1.82) is 0 Å². The van der Waals surface area contributed by atoms with Crippen LogP contribution in [0.25, 0.3) is 0 Å². The summed E-state index contributed by atoms with van der Waals surface area (Å²) in [6, 6.07) is 0. The maximum atomic E-state index is 12.7. The van der Waals surface area contributed by atoms with E-state index in [1.54, 1.807) is 14.0 Å². The molecule has 1 fully saturated rings. The number of amides is 2. The molecule has 1 saturated heterocycles. The van der Waals surface area contributed by atoms with Crippen LogP contribution in [0.1, 0.15) is 41.6 Å². The SMILES string of the molecule is CNC(=O)CN1CCN(C(=O)c2c(C)noc2C(C)C)CC1. The van der Waals surface area contributed by atoms with Gasteiger partial charge in [0.05, 0.1) is 12.2 Å². The van der Waals surface area contributed by atoms with E-state index in [4.69, 9.17) is 4.52 Å².